The average molecular weight is 465 g/mol. The molecular weight excluding hydrogens is 431 g/mol. The Kier molecular flexibility index (Phi) is 7.51. The van der Waals surface area contributed by atoms with E-state index in [9.17, 15) is 9.90 Å². The van der Waals surface area contributed by atoms with Crippen LogP contribution >= 0.6 is 23.2 Å². The minimum Gasteiger partial charge on any atom is -0.391 e. The maximum absolute atomic E-state index is 13.3. The lowest BCUT2D eigenvalue weighted by molar-refractivity contribution is -0.119. The van der Waals surface area contributed by atoms with Crippen molar-refractivity contribution in [2.45, 2.75) is 89.3 Å². The fourth-order valence-corrected chi connectivity index (χ4v) is 6.15. The molecule has 2 fully saturated rings. The lowest BCUT2D eigenvalue weighted by Gasteiger charge is -2.34. The Balaban J connectivity index is 1.57. The zero-order valence-corrected chi connectivity index (χ0v) is 19.9. The molecule has 0 spiro atoms. The topological polar surface area (TPSA) is 52.6 Å². The molecular formula is C25H34Cl2N2O2. The fourth-order valence-electron chi connectivity index (χ4n) is 5.61. The second-order valence-corrected chi connectivity index (χ2v) is 10.4. The lowest BCUT2D eigenvalue weighted by atomic mass is 9.88. The summed E-state index contributed by atoms with van der Waals surface area (Å²) in [5.74, 6) is 0.615. The Hall–Kier alpha value is -1.23. The van der Waals surface area contributed by atoms with Gasteiger partial charge in [0.25, 0.3) is 0 Å². The van der Waals surface area contributed by atoms with Crippen molar-refractivity contribution >= 4 is 29.1 Å². The van der Waals surface area contributed by atoms with Gasteiger partial charge >= 0.3 is 0 Å². The maximum Gasteiger partial charge on any atom is 0.249 e. The molecule has 4 nitrogen and oxygen atoms in total. The largest absolute Gasteiger partial charge is 0.391 e. The van der Waals surface area contributed by atoms with Crippen LogP contribution in [0.2, 0.25) is 10.0 Å². The quantitative estimate of drug-likeness (QED) is 0.560. The molecule has 1 aliphatic heterocycles. The second-order valence-electron chi connectivity index (χ2n) is 9.54. The summed E-state index contributed by atoms with van der Waals surface area (Å²) in [6.45, 7) is 3.02. The summed E-state index contributed by atoms with van der Waals surface area (Å²) in [5, 5.41) is 14.7. The van der Waals surface area contributed by atoms with Crippen LogP contribution in [0.3, 0.4) is 0 Å². The predicted molar refractivity (Wildman–Crippen MR) is 126 cm³/mol. The zero-order chi connectivity index (χ0) is 22.0. The van der Waals surface area contributed by atoms with Gasteiger partial charge < -0.3 is 15.3 Å². The molecule has 2 saturated carbocycles. The minimum absolute atomic E-state index is 0.0373. The molecule has 1 heterocycles. The number of carbonyl (C=O) groups is 1. The summed E-state index contributed by atoms with van der Waals surface area (Å²) in [7, 11) is 0. The number of benzene rings is 1. The third kappa shape index (κ3) is 5.23. The number of allylic oxidation sites excluding steroid dienone is 1. The van der Waals surface area contributed by atoms with E-state index in [-0.39, 0.29) is 18.0 Å². The summed E-state index contributed by atoms with van der Waals surface area (Å²) in [5.41, 5.74) is 2.90. The number of nitrogens with one attached hydrogen (secondary N) is 1. The van der Waals surface area contributed by atoms with Crippen LogP contribution in [0.15, 0.2) is 29.5 Å². The first-order chi connectivity index (χ1) is 14.9. The Morgan fingerprint density at radius 2 is 1.81 bits per heavy atom. The standard InChI is InChI=1S/C25H34Cl2N2O2/c1-16-20(25(31)28-22-9-5-6-10-24(22)30)14-23(19-12-11-18(26)13-21(19)27)29(16)15-17-7-3-2-4-8-17/h11-13,17,22-24,30H,2-10,14-15H2,1H3,(H,28,31)/t22-,23?,24+/m0/s1. The highest BCUT2D eigenvalue weighted by atomic mass is 35.5. The van der Waals surface area contributed by atoms with Crippen LogP contribution in [0.25, 0.3) is 0 Å². The number of hydrogen-bond acceptors (Lipinski definition) is 3. The van der Waals surface area contributed by atoms with Gasteiger partial charge in [0.15, 0.2) is 0 Å². The summed E-state index contributed by atoms with van der Waals surface area (Å²) in [6, 6.07) is 5.58. The summed E-state index contributed by atoms with van der Waals surface area (Å²) in [6.07, 6.45) is 10.3. The normalized spacial score (nSPS) is 27.6. The molecule has 2 aliphatic carbocycles. The van der Waals surface area contributed by atoms with Gasteiger partial charge in [-0.3, -0.25) is 4.79 Å². The molecule has 31 heavy (non-hydrogen) atoms. The third-order valence-corrected chi connectivity index (χ3v) is 8.02. The SMILES string of the molecule is CC1=C(C(=O)N[C@H]2CCCC[C@H]2O)CC(c2ccc(Cl)cc2Cl)N1CC1CCCCC1. The van der Waals surface area contributed by atoms with Crippen LogP contribution in [0.1, 0.15) is 82.7 Å². The van der Waals surface area contributed by atoms with Crippen molar-refractivity contribution in [2.75, 3.05) is 6.54 Å². The minimum atomic E-state index is -0.445. The fraction of sp³-hybridized carbons (Fsp3) is 0.640. The molecule has 4 rings (SSSR count). The van der Waals surface area contributed by atoms with Gasteiger partial charge in [-0.05, 0) is 56.2 Å². The molecule has 1 unspecified atom stereocenters. The van der Waals surface area contributed by atoms with Crippen LogP contribution in [0, 0.1) is 5.92 Å². The first-order valence-corrected chi connectivity index (χ1v) is 12.6. The zero-order valence-electron chi connectivity index (χ0n) is 18.4. The number of amides is 1. The van der Waals surface area contributed by atoms with Gasteiger partial charge in [-0.15, -0.1) is 0 Å². The Morgan fingerprint density at radius 3 is 2.52 bits per heavy atom. The molecule has 3 atom stereocenters. The van der Waals surface area contributed by atoms with Crippen LogP contribution in [0.4, 0.5) is 0 Å². The van der Waals surface area contributed by atoms with Gasteiger partial charge in [0.05, 0.1) is 18.2 Å². The summed E-state index contributed by atoms with van der Waals surface area (Å²) in [4.78, 5) is 15.7. The Labute approximate surface area is 196 Å². The van der Waals surface area contributed by atoms with Gasteiger partial charge in [0.1, 0.15) is 0 Å². The molecule has 1 aromatic carbocycles. The van der Waals surface area contributed by atoms with E-state index in [1.807, 2.05) is 12.1 Å². The van der Waals surface area contributed by atoms with Crippen molar-refractivity contribution < 1.29 is 9.90 Å². The second kappa shape index (κ2) is 10.1. The van der Waals surface area contributed by atoms with E-state index >= 15 is 0 Å². The van der Waals surface area contributed by atoms with E-state index < -0.39 is 6.10 Å². The van der Waals surface area contributed by atoms with Crippen molar-refractivity contribution in [3.05, 3.63) is 45.1 Å². The van der Waals surface area contributed by atoms with Crippen molar-refractivity contribution in [1.29, 1.82) is 0 Å². The predicted octanol–water partition coefficient (Wildman–Crippen LogP) is 6.01. The number of aliphatic hydroxyl groups is 1. The van der Waals surface area contributed by atoms with Crippen molar-refractivity contribution in [3.8, 4) is 0 Å². The van der Waals surface area contributed by atoms with Crippen molar-refractivity contribution in [2.24, 2.45) is 5.92 Å². The maximum atomic E-state index is 13.3. The Bertz CT molecular complexity index is 835. The van der Waals surface area contributed by atoms with Gasteiger partial charge in [-0.25, -0.2) is 0 Å². The van der Waals surface area contributed by atoms with Crippen LogP contribution < -0.4 is 5.32 Å². The lowest BCUT2D eigenvalue weighted by Crippen LogP contribution is -2.45. The van der Waals surface area contributed by atoms with E-state index in [1.54, 1.807) is 6.07 Å². The number of nitrogens with zero attached hydrogens (tertiary/aromatic N) is 1. The first kappa shape index (κ1) is 22.9. The smallest absolute Gasteiger partial charge is 0.249 e. The van der Waals surface area contributed by atoms with Crippen LogP contribution in [-0.4, -0.2) is 34.6 Å². The number of rotatable bonds is 5. The van der Waals surface area contributed by atoms with Crippen LogP contribution in [0.5, 0.6) is 0 Å². The highest BCUT2D eigenvalue weighted by Crippen LogP contribution is 2.43. The molecule has 3 aliphatic rings. The monoisotopic (exact) mass is 464 g/mol. The van der Waals surface area contributed by atoms with E-state index in [4.69, 9.17) is 23.2 Å². The van der Waals surface area contributed by atoms with E-state index in [0.29, 0.717) is 22.4 Å². The summed E-state index contributed by atoms with van der Waals surface area (Å²) < 4.78 is 0. The van der Waals surface area contributed by atoms with E-state index in [1.165, 1.54) is 32.1 Å². The molecule has 170 valence electrons. The van der Waals surface area contributed by atoms with Gasteiger partial charge in [-0.1, -0.05) is 61.4 Å². The highest BCUT2D eigenvalue weighted by molar-refractivity contribution is 6.35. The van der Waals surface area contributed by atoms with Crippen LogP contribution in [-0.2, 0) is 4.79 Å². The van der Waals surface area contributed by atoms with Gasteiger partial charge in [0.2, 0.25) is 5.91 Å². The number of aliphatic hydroxyl groups excluding tert-OH is 1. The number of hydrogen-bond donors (Lipinski definition) is 2. The Morgan fingerprint density at radius 1 is 1.10 bits per heavy atom. The molecule has 2 N–H and O–H groups in total. The summed E-state index contributed by atoms with van der Waals surface area (Å²) >= 11 is 12.8. The van der Waals surface area contributed by atoms with Gasteiger partial charge in [-0.2, -0.15) is 0 Å². The highest BCUT2D eigenvalue weighted by Gasteiger charge is 2.37. The van der Waals surface area contributed by atoms with Gasteiger partial charge in [0, 0.05) is 34.3 Å². The third-order valence-electron chi connectivity index (χ3n) is 7.46. The van der Waals surface area contributed by atoms with E-state index in [2.05, 4.69) is 17.1 Å². The van der Waals surface area contributed by atoms with E-state index in [0.717, 1.165) is 49.1 Å². The molecule has 1 aromatic rings. The average Bonchev–Trinajstić information content (AvgIpc) is 3.07. The molecule has 0 bridgehead atoms. The van der Waals surface area contributed by atoms with Crippen molar-refractivity contribution in [1.82, 2.24) is 10.2 Å². The molecule has 1 amide bonds. The van der Waals surface area contributed by atoms with Crippen molar-refractivity contribution in [3.63, 3.8) is 0 Å². The first-order valence-electron chi connectivity index (χ1n) is 11.8. The molecule has 0 saturated heterocycles. The molecule has 6 heteroatoms. The number of carbonyl (C=O) groups excluding carboxylic acids is 1. The molecule has 0 aromatic heterocycles. The molecule has 0 radical (unpaired) electrons. The number of halogens is 2.